The zero-order valence-corrected chi connectivity index (χ0v) is 18.7. The van der Waals surface area contributed by atoms with E-state index in [0.29, 0.717) is 41.1 Å². The number of fused-ring (bicyclic) bond motifs is 2. The van der Waals surface area contributed by atoms with Gasteiger partial charge in [-0.15, -0.1) is 0 Å². The first-order valence-corrected chi connectivity index (χ1v) is 10.8. The normalized spacial score (nSPS) is 19.4. The zero-order chi connectivity index (χ0) is 24.0. The summed E-state index contributed by atoms with van der Waals surface area (Å²) in [4.78, 5) is 21.9. The Bertz CT molecular complexity index is 1290. The highest BCUT2D eigenvalue weighted by atomic mass is 19.1. The number of hydrogen-bond acceptors (Lipinski definition) is 8. The van der Waals surface area contributed by atoms with Crippen molar-refractivity contribution in [3.63, 3.8) is 0 Å². The second-order valence-corrected chi connectivity index (χ2v) is 8.20. The molecule has 3 aromatic rings. The molecule has 1 aromatic carbocycles. The van der Waals surface area contributed by atoms with E-state index in [1.165, 1.54) is 13.3 Å². The Balaban J connectivity index is 1.64. The molecule has 1 fully saturated rings. The summed E-state index contributed by atoms with van der Waals surface area (Å²) < 4.78 is 31.8. The molecule has 1 amide bonds. The van der Waals surface area contributed by atoms with Crippen molar-refractivity contribution in [2.75, 3.05) is 49.4 Å². The molecule has 0 radical (unpaired) electrons. The average molecular weight is 469 g/mol. The van der Waals surface area contributed by atoms with Crippen LogP contribution in [0.1, 0.15) is 5.56 Å². The molecular weight excluding hydrogens is 445 g/mol. The number of rotatable bonds is 4. The van der Waals surface area contributed by atoms with Crippen molar-refractivity contribution in [3.8, 4) is 17.0 Å². The van der Waals surface area contributed by atoms with Crippen molar-refractivity contribution in [2.45, 2.75) is 19.1 Å². The van der Waals surface area contributed by atoms with Gasteiger partial charge in [-0.3, -0.25) is 4.90 Å². The van der Waals surface area contributed by atoms with Gasteiger partial charge in [-0.2, -0.15) is 0 Å². The number of halogens is 1. The largest absolute Gasteiger partial charge is 0.474 e. The number of nitrogens with zero attached hydrogens (tertiary/aromatic N) is 3. The molecule has 2 aliphatic heterocycles. The third-order valence-corrected chi connectivity index (χ3v) is 6.31. The second-order valence-electron chi connectivity index (χ2n) is 8.20. The van der Waals surface area contributed by atoms with Gasteiger partial charge in [0.05, 0.1) is 24.9 Å². The summed E-state index contributed by atoms with van der Waals surface area (Å²) in [7, 11) is 1.50. The Morgan fingerprint density at radius 3 is 2.88 bits per heavy atom. The Hall–Kier alpha value is -3.70. The highest BCUT2D eigenvalue weighted by molar-refractivity contribution is 5.99. The molecule has 11 heteroatoms. The molecule has 0 unspecified atom stereocenters. The Morgan fingerprint density at radius 2 is 2.12 bits per heavy atom. The first-order valence-electron chi connectivity index (χ1n) is 10.8. The number of nitrogens with two attached hydrogens (primary N) is 1. The first kappa shape index (κ1) is 22.1. The Kier molecular flexibility index (Phi) is 5.58. The average Bonchev–Trinajstić information content (AvgIpc) is 3.30. The first-order chi connectivity index (χ1) is 16.4. The van der Waals surface area contributed by atoms with Gasteiger partial charge in [0.25, 0.3) is 0 Å². The Labute approximate surface area is 194 Å². The molecule has 4 N–H and O–H groups in total. The molecule has 2 aliphatic rings. The van der Waals surface area contributed by atoms with Gasteiger partial charge in [0.15, 0.2) is 5.82 Å². The number of methoxy groups -OCH3 is 1. The summed E-state index contributed by atoms with van der Waals surface area (Å²) in [6.07, 6.45) is 1.31. The maximum Gasteiger partial charge on any atom is 0.413 e. The van der Waals surface area contributed by atoms with Gasteiger partial charge in [-0.25, -0.2) is 19.2 Å². The van der Waals surface area contributed by atoms with Crippen LogP contribution in [-0.4, -0.2) is 66.8 Å². The van der Waals surface area contributed by atoms with Crippen LogP contribution in [0.15, 0.2) is 24.5 Å². The number of pyridine rings is 2. The number of hydrogen-bond donors (Lipinski definition) is 3. The van der Waals surface area contributed by atoms with Crippen molar-refractivity contribution in [2.24, 2.45) is 0 Å². The van der Waals surface area contributed by atoms with Crippen LogP contribution in [0.25, 0.3) is 21.9 Å². The van der Waals surface area contributed by atoms with Crippen LogP contribution in [0, 0.1) is 12.7 Å². The molecule has 10 nitrogen and oxygen atoms in total. The van der Waals surface area contributed by atoms with Gasteiger partial charge in [-0.05, 0) is 30.0 Å². The van der Waals surface area contributed by atoms with E-state index in [-0.39, 0.29) is 30.3 Å². The number of carbonyl (C=O) groups is 1. The van der Waals surface area contributed by atoms with Crippen molar-refractivity contribution in [3.05, 3.63) is 35.9 Å². The van der Waals surface area contributed by atoms with Crippen LogP contribution in [0.3, 0.4) is 0 Å². The minimum absolute atomic E-state index is 0.0753. The predicted octanol–water partition coefficient (Wildman–Crippen LogP) is 3.03. The standard InChI is InChI=1S/C23H24FN5O5/c1-11-14(7-28-22-21(11)26-3-4-34-22)13-5-12-6-18(27-8-15(12)20(25)19(13)24)29(23(30)31)16-9-33-10-17(16)32-2/h5-8,16-17,26H,3-4,9-10,25H2,1-2H3,(H,30,31)/t16-,17+/m0/s1. The predicted molar refractivity (Wildman–Crippen MR) is 124 cm³/mol. The number of benzene rings is 1. The van der Waals surface area contributed by atoms with E-state index in [9.17, 15) is 9.90 Å². The second kappa shape index (κ2) is 8.58. The fourth-order valence-corrected chi connectivity index (χ4v) is 4.51. The highest BCUT2D eigenvalue weighted by Crippen LogP contribution is 2.40. The summed E-state index contributed by atoms with van der Waals surface area (Å²) in [6.45, 7) is 3.43. The van der Waals surface area contributed by atoms with Crippen molar-refractivity contribution < 1.29 is 28.5 Å². The molecule has 0 aliphatic carbocycles. The van der Waals surface area contributed by atoms with E-state index >= 15 is 4.39 Å². The quantitative estimate of drug-likeness (QED) is 0.493. The van der Waals surface area contributed by atoms with Crippen LogP contribution < -0.4 is 20.7 Å². The number of nitrogens with one attached hydrogen (secondary N) is 1. The summed E-state index contributed by atoms with van der Waals surface area (Å²) in [6, 6.07) is 2.64. The van der Waals surface area contributed by atoms with Crippen LogP contribution in [-0.2, 0) is 9.47 Å². The summed E-state index contributed by atoms with van der Waals surface area (Å²) in [5.41, 5.74) is 8.37. The number of anilines is 3. The number of ether oxygens (including phenoxy) is 3. The van der Waals surface area contributed by atoms with Gasteiger partial charge in [0, 0.05) is 42.6 Å². The van der Waals surface area contributed by atoms with E-state index in [2.05, 4.69) is 15.3 Å². The molecule has 5 rings (SSSR count). The summed E-state index contributed by atoms with van der Waals surface area (Å²) in [5.74, 6) is 0.0453. The minimum atomic E-state index is -1.19. The number of aromatic nitrogens is 2. The van der Waals surface area contributed by atoms with E-state index in [1.807, 2.05) is 6.92 Å². The maximum atomic E-state index is 15.4. The lowest BCUT2D eigenvalue weighted by Crippen LogP contribution is -2.47. The molecule has 34 heavy (non-hydrogen) atoms. The number of nitrogen functional groups attached to an aromatic ring is 1. The van der Waals surface area contributed by atoms with Gasteiger partial charge in [0.2, 0.25) is 5.88 Å². The molecule has 4 heterocycles. The van der Waals surface area contributed by atoms with E-state index in [1.54, 1.807) is 18.3 Å². The van der Waals surface area contributed by atoms with Gasteiger partial charge in [0.1, 0.15) is 24.2 Å². The van der Waals surface area contributed by atoms with Crippen molar-refractivity contribution >= 4 is 34.1 Å². The monoisotopic (exact) mass is 469 g/mol. The third-order valence-electron chi connectivity index (χ3n) is 6.31. The molecule has 1 saturated heterocycles. The molecule has 0 bridgehead atoms. The lowest BCUT2D eigenvalue weighted by molar-refractivity contribution is 0.0763. The molecule has 2 atom stereocenters. The SMILES string of the molecule is CO[C@@H]1COC[C@@H]1N(C(=O)O)c1cc2cc(-c3cnc4c(c3C)NCCO4)c(F)c(N)c2cn1. The maximum absolute atomic E-state index is 15.4. The minimum Gasteiger partial charge on any atom is -0.474 e. The van der Waals surface area contributed by atoms with Crippen molar-refractivity contribution in [1.82, 2.24) is 9.97 Å². The fraction of sp³-hybridized carbons (Fsp3) is 0.348. The van der Waals surface area contributed by atoms with Crippen LogP contribution >= 0.6 is 0 Å². The number of amides is 1. The molecule has 178 valence electrons. The fourth-order valence-electron chi connectivity index (χ4n) is 4.51. The molecule has 0 saturated carbocycles. The highest BCUT2D eigenvalue weighted by Gasteiger charge is 2.38. The molecular formula is C23H24FN5O5. The molecule has 2 aromatic heterocycles. The van der Waals surface area contributed by atoms with Crippen molar-refractivity contribution in [1.29, 1.82) is 0 Å². The van der Waals surface area contributed by atoms with Crippen LogP contribution in [0.5, 0.6) is 5.88 Å². The lowest BCUT2D eigenvalue weighted by atomic mass is 9.97. The smallest absolute Gasteiger partial charge is 0.413 e. The number of carboxylic acid groups (broad SMARTS) is 1. The summed E-state index contributed by atoms with van der Waals surface area (Å²) >= 11 is 0. The van der Waals surface area contributed by atoms with E-state index < -0.39 is 24.1 Å². The lowest BCUT2D eigenvalue weighted by Gasteiger charge is -2.28. The van der Waals surface area contributed by atoms with Crippen LogP contribution in [0.4, 0.5) is 26.4 Å². The van der Waals surface area contributed by atoms with Gasteiger partial charge < -0.3 is 30.4 Å². The van der Waals surface area contributed by atoms with E-state index in [0.717, 1.165) is 10.5 Å². The Morgan fingerprint density at radius 1 is 1.29 bits per heavy atom. The van der Waals surface area contributed by atoms with Crippen LogP contribution in [0.2, 0.25) is 0 Å². The topological polar surface area (TPSA) is 132 Å². The van der Waals surface area contributed by atoms with Gasteiger partial charge >= 0.3 is 6.09 Å². The molecule has 0 spiro atoms. The third kappa shape index (κ3) is 3.53. The zero-order valence-electron chi connectivity index (χ0n) is 18.7. The van der Waals surface area contributed by atoms with Gasteiger partial charge in [-0.1, -0.05) is 0 Å². The summed E-state index contributed by atoms with van der Waals surface area (Å²) in [5, 5.41) is 14.1. The van der Waals surface area contributed by atoms with E-state index in [4.69, 9.17) is 19.9 Å².